The van der Waals surface area contributed by atoms with Gasteiger partial charge in [0.1, 0.15) is 0 Å². The smallest absolute Gasteiger partial charge is 0.0149 e. The van der Waals surface area contributed by atoms with E-state index in [0.717, 1.165) is 0 Å². The fourth-order valence-electron chi connectivity index (χ4n) is 3.02. The van der Waals surface area contributed by atoms with Crippen LogP contribution in [0, 0.1) is 34.7 Å². The highest BCUT2D eigenvalue weighted by molar-refractivity contribution is 5.36. The summed E-state index contributed by atoms with van der Waals surface area (Å²) in [7, 11) is 0. The van der Waals surface area contributed by atoms with Crippen LogP contribution >= 0.6 is 0 Å². The van der Waals surface area contributed by atoms with Crippen LogP contribution in [-0.4, -0.2) is 0 Å². The zero-order valence-corrected chi connectivity index (χ0v) is 11.5. The Morgan fingerprint density at radius 1 is 0.833 bits per heavy atom. The zero-order chi connectivity index (χ0) is 12.7. The summed E-state index contributed by atoms with van der Waals surface area (Å²) in [4.78, 5) is 0. The highest BCUT2D eigenvalue weighted by Crippen LogP contribution is 2.19. The summed E-state index contributed by atoms with van der Waals surface area (Å²) in [5.74, 6) is 0. The van der Waals surface area contributed by atoms with Crippen molar-refractivity contribution in [1.29, 1.82) is 0 Å². The maximum absolute atomic E-state index is 2.40. The van der Waals surface area contributed by atoms with E-state index >= 15 is 0 Å². The third-order valence-electron chi connectivity index (χ3n) is 4.08. The van der Waals surface area contributed by atoms with Crippen LogP contribution in [0.2, 0.25) is 0 Å². The molecule has 2 aromatic carbocycles. The summed E-state index contributed by atoms with van der Waals surface area (Å²) in [5, 5.41) is 5.66. The van der Waals surface area contributed by atoms with E-state index in [1.165, 1.54) is 56.8 Å². The van der Waals surface area contributed by atoms with Crippen molar-refractivity contribution in [3.8, 4) is 0 Å². The molecule has 0 heteroatoms. The maximum Gasteiger partial charge on any atom is -0.0149 e. The molecule has 0 nitrogen and oxygen atoms in total. The van der Waals surface area contributed by atoms with Gasteiger partial charge in [-0.3, -0.25) is 0 Å². The molecule has 2 aromatic rings. The lowest BCUT2D eigenvalue weighted by Gasteiger charge is -2.10. The van der Waals surface area contributed by atoms with E-state index in [4.69, 9.17) is 0 Å². The fraction of sp³-hybridized carbons (Fsp3) is 0.333. The molecule has 0 saturated heterocycles. The first kappa shape index (κ1) is 11.5. The fourth-order valence-corrected chi connectivity index (χ4v) is 3.02. The lowest BCUT2D eigenvalue weighted by molar-refractivity contribution is 0.791. The average Bonchev–Trinajstić information content (AvgIpc) is 2.36. The molecular formula is C18H20. The van der Waals surface area contributed by atoms with Gasteiger partial charge >= 0.3 is 0 Å². The number of hydrogen-bond donors (Lipinski definition) is 0. The monoisotopic (exact) mass is 236 g/mol. The SMILES string of the molecule is CCCCc1cc2ccc1=c1cc(C)c=2cc1C. The minimum absolute atomic E-state index is 1.20. The maximum atomic E-state index is 2.40. The molecule has 0 fully saturated rings. The largest absolute Gasteiger partial charge is 0.0654 e. The molecule has 0 aromatic heterocycles. The van der Waals surface area contributed by atoms with E-state index < -0.39 is 0 Å². The molecule has 0 unspecified atom stereocenters. The molecule has 0 spiro atoms. The molecule has 92 valence electrons. The molecule has 0 radical (unpaired) electrons. The van der Waals surface area contributed by atoms with Crippen molar-refractivity contribution in [2.75, 3.05) is 0 Å². The summed E-state index contributed by atoms with van der Waals surface area (Å²) >= 11 is 0. The van der Waals surface area contributed by atoms with Gasteiger partial charge in [-0.1, -0.05) is 43.7 Å². The van der Waals surface area contributed by atoms with Gasteiger partial charge in [0.15, 0.2) is 0 Å². The average molecular weight is 236 g/mol. The number of hydrogen-bond acceptors (Lipinski definition) is 0. The summed E-state index contributed by atoms with van der Waals surface area (Å²) in [6, 6.07) is 11.7. The lowest BCUT2D eigenvalue weighted by atomic mass is 9.95. The highest BCUT2D eigenvalue weighted by atomic mass is 14.1. The van der Waals surface area contributed by atoms with Crippen LogP contribution in [-0.2, 0) is 6.42 Å². The van der Waals surface area contributed by atoms with Gasteiger partial charge in [0.05, 0.1) is 0 Å². The Hall–Kier alpha value is -1.56. The Bertz CT molecular complexity index is 782. The topological polar surface area (TPSA) is 0 Å². The van der Waals surface area contributed by atoms with Crippen molar-refractivity contribution in [2.45, 2.75) is 40.0 Å². The van der Waals surface area contributed by atoms with Crippen molar-refractivity contribution >= 4 is 0 Å². The number of rotatable bonds is 3. The summed E-state index contributed by atoms with van der Waals surface area (Å²) in [5.41, 5.74) is 4.34. The Morgan fingerprint density at radius 3 is 2.33 bits per heavy atom. The van der Waals surface area contributed by atoms with Crippen LogP contribution in [0.1, 0.15) is 36.5 Å². The molecule has 4 aliphatic rings. The molecule has 0 N–H and O–H groups in total. The number of benzene rings is 2. The Morgan fingerprint density at radius 2 is 1.56 bits per heavy atom. The second-order valence-corrected chi connectivity index (χ2v) is 5.46. The molecular weight excluding hydrogens is 216 g/mol. The number of unbranched alkanes of at least 4 members (excludes halogenated alkanes) is 1. The van der Waals surface area contributed by atoms with Gasteiger partial charge in [-0.15, -0.1) is 0 Å². The van der Waals surface area contributed by atoms with Crippen molar-refractivity contribution < 1.29 is 0 Å². The van der Waals surface area contributed by atoms with E-state index in [1.807, 2.05) is 0 Å². The Balaban J connectivity index is 2.48. The lowest BCUT2D eigenvalue weighted by Crippen LogP contribution is -1.96. The highest BCUT2D eigenvalue weighted by Gasteiger charge is 2.04. The molecule has 18 heavy (non-hydrogen) atoms. The molecule has 0 amide bonds. The van der Waals surface area contributed by atoms with E-state index in [2.05, 4.69) is 51.1 Å². The zero-order valence-electron chi connectivity index (χ0n) is 11.5. The van der Waals surface area contributed by atoms with Crippen LogP contribution < -0.4 is 0 Å². The number of aryl methyl sites for hydroxylation is 3. The van der Waals surface area contributed by atoms with Crippen molar-refractivity contribution in [3.63, 3.8) is 0 Å². The standard InChI is InChI=1S/C18H20/c1-4-5-6-14-11-15-7-8-16(14)18-10-12(2)17(15)9-13(18)3/h7-11H,4-6H2,1-3H3. The van der Waals surface area contributed by atoms with Crippen molar-refractivity contribution in [1.82, 2.24) is 0 Å². The van der Waals surface area contributed by atoms with Crippen LogP contribution in [0.15, 0.2) is 30.3 Å². The Kier molecular flexibility index (Phi) is 2.74. The third-order valence-corrected chi connectivity index (χ3v) is 4.08. The minimum Gasteiger partial charge on any atom is -0.0654 e. The van der Waals surface area contributed by atoms with E-state index in [1.54, 1.807) is 0 Å². The van der Waals surface area contributed by atoms with E-state index in [0.29, 0.717) is 0 Å². The Labute approximate surface area is 108 Å². The van der Waals surface area contributed by atoms with Crippen LogP contribution in [0.4, 0.5) is 0 Å². The summed E-state index contributed by atoms with van der Waals surface area (Å²) in [6.07, 6.45) is 3.75. The molecule has 4 bridgehead atoms. The summed E-state index contributed by atoms with van der Waals surface area (Å²) in [6.45, 7) is 6.72. The van der Waals surface area contributed by atoms with Crippen LogP contribution in [0.5, 0.6) is 0 Å². The molecule has 0 atom stereocenters. The van der Waals surface area contributed by atoms with Gasteiger partial charge < -0.3 is 0 Å². The first-order chi connectivity index (χ1) is 8.70. The van der Waals surface area contributed by atoms with Gasteiger partial charge in [-0.2, -0.15) is 0 Å². The van der Waals surface area contributed by atoms with Gasteiger partial charge in [0, 0.05) is 0 Å². The molecule has 0 heterocycles. The second kappa shape index (κ2) is 4.28. The van der Waals surface area contributed by atoms with Gasteiger partial charge in [-0.25, -0.2) is 0 Å². The normalized spacial score (nSPS) is 11.7. The minimum atomic E-state index is 1.20. The predicted molar refractivity (Wildman–Crippen MR) is 76.3 cm³/mol. The second-order valence-electron chi connectivity index (χ2n) is 5.46. The van der Waals surface area contributed by atoms with Crippen LogP contribution in [0.25, 0.3) is 0 Å². The quantitative estimate of drug-likeness (QED) is 0.626. The molecule has 4 aliphatic carbocycles. The van der Waals surface area contributed by atoms with E-state index in [9.17, 15) is 0 Å². The van der Waals surface area contributed by atoms with Crippen LogP contribution in [0.3, 0.4) is 0 Å². The predicted octanol–water partition coefficient (Wildman–Crippen LogP) is 4.53. The van der Waals surface area contributed by atoms with Gasteiger partial charge in [-0.05, 0) is 64.3 Å². The van der Waals surface area contributed by atoms with Gasteiger partial charge in [0.2, 0.25) is 0 Å². The first-order valence-electron chi connectivity index (χ1n) is 6.95. The van der Waals surface area contributed by atoms with E-state index in [-0.39, 0.29) is 0 Å². The first-order valence-corrected chi connectivity index (χ1v) is 6.95. The van der Waals surface area contributed by atoms with Crippen molar-refractivity contribution in [3.05, 3.63) is 67.9 Å². The molecule has 0 aliphatic heterocycles. The van der Waals surface area contributed by atoms with Crippen molar-refractivity contribution in [2.24, 2.45) is 0 Å². The summed E-state index contributed by atoms with van der Waals surface area (Å²) < 4.78 is 0. The molecule has 6 rings (SSSR count). The van der Waals surface area contributed by atoms with Gasteiger partial charge in [0.25, 0.3) is 0 Å². The third kappa shape index (κ3) is 1.68. The molecule has 0 saturated carbocycles.